The predicted octanol–water partition coefficient (Wildman–Crippen LogP) is 9.40. The van der Waals surface area contributed by atoms with Crippen LogP contribution in [-0.2, 0) is 9.59 Å². The highest BCUT2D eigenvalue weighted by atomic mass is 16.2. The number of hydrogen-bond acceptors (Lipinski definition) is 4. The average molecular weight is 635 g/mol. The lowest BCUT2D eigenvalue weighted by molar-refractivity contribution is -0.117. The number of fused-ring (bicyclic) bond motifs is 2. The van der Waals surface area contributed by atoms with Crippen LogP contribution in [0, 0.1) is 23.7 Å². The smallest absolute Gasteiger partial charge is 0.225 e. The Balaban J connectivity index is 1.35. The number of pyridine rings is 2. The van der Waals surface area contributed by atoms with Crippen LogP contribution < -0.4 is 10.6 Å². The highest BCUT2D eigenvalue weighted by Gasteiger charge is 2.07. The molecule has 2 aromatic heterocycles. The molecule has 0 unspecified atom stereocenters. The number of rotatable bonds is 12. The first-order valence-corrected chi connectivity index (χ1v) is 17.0. The van der Waals surface area contributed by atoms with Gasteiger partial charge < -0.3 is 10.6 Å². The van der Waals surface area contributed by atoms with E-state index < -0.39 is 0 Å². The van der Waals surface area contributed by atoms with Crippen molar-refractivity contribution in [2.75, 3.05) is 10.6 Å². The Kier molecular flexibility index (Phi) is 12.3. The molecule has 5 aromatic rings. The fourth-order valence-corrected chi connectivity index (χ4v) is 5.54. The minimum atomic E-state index is -0.0205. The molecule has 0 radical (unpaired) electrons. The minimum Gasteiger partial charge on any atom is -0.311 e. The zero-order valence-electron chi connectivity index (χ0n) is 27.9. The van der Waals surface area contributed by atoms with E-state index in [1.54, 1.807) is 12.4 Å². The Morgan fingerprint density at radius 1 is 0.562 bits per heavy atom. The highest BCUT2D eigenvalue weighted by molar-refractivity contribution is 6.03. The first kappa shape index (κ1) is 33.9. The van der Waals surface area contributed by atoms with Crippen molar-refractivity contribution in [3.05, 3.63) is 107 Å². The van der Waals surface area contributed by atoms with Gasteiger partial charge in [-0.1, -0.05) is 100 Å². The Morgan fingerprint density at radius 2 is 1.04 bits per heavy atom. The maximum Gasteiger partial charge on any atom is 0.225 e. The Morgan fingerprint density at radius 3 is 1.50 bits per heavy atom. The van der Waals surface area contributed by atoms with Crippen LogP contribution in [0.2, 0.25) is 0 Å². The molecule has 0 atom stereocenters. The monoisotopic (exact) mass is 634 g/mol. The molecule has 48 heavy (non-hydrogen) atoms. The molecule has 0 aliphatic carbocycles. The number of benzene rings is 3. The van der Waals surface area contributed by atoms with Crippen LogP contribution in [-0.4, -0.2) is 21.8 Å². The molecule has 6 nitrogen and oxygen atoms in total. The van der Waals surface area contributed by atoms with Crippen LogP contribution in [0.25, 0.3) is 21.5 Å². The van der Waals surface area contributed by atoms with Gasteiger partial charge in [-0.25, -0.2) is 9.97 Å². The number of carbonyl (C=O) groups is 2. The predicted molar refractivity (Wildman–Crippen MR) is 197 cm³/mol. The fourth-order valence-electron chi connectivity index (χ4n) is 5.54. The van der Waals surface area contributed by atoms with Crippen molar-refractivity contribution in [3.8, 4) is 23.7 Å². The number of amides is 2. The number of nitrogens with zero attached hydrogens (tertiary/aromatic N) is 2. The maximum absolute atomic E-state index is 12.4. The number of anilines is 2. The first-order chi connectivity index (χ1) is 23.5. The van der Waals surface area contributed by atoms with Crippen LogP contribution in [0.15, 0.2) is 85.2 Å². The summed E-state index contributed by atoms with van der Waals surface area (Å²) in [5.41, 5.74) is 3.36. The molecule has 0 saturated heterocycles. The summed E-state index contributed by atoms with van der Waals surface area (Å²) >= 11 is 0. The zero-order valence-corrected chi connectivity index (χ0v) is 27.9. The van der Waals surface area contributed by atoms with Crippen molar-refractivity contribution >= 4 is 45.0 Å². The summed E-state index contributed by atoms with van der Waals surface area (Å²) < 4.78 is 0. The zero-order chi connectivity index (χ0) is 33.6. The lowest BCUT2D eigenvalue weighted by atomic mass is 9.97. The molecule has 2 heterocycles. The van der Waals surface area contributed by atoms with E-state index in [0.29, 0.717) is 24.5 Å². The summed E-state index contributed by atoms with van der Waals surface area (Å²) in [6.45, 7) is 4.31. The van der Waals surface area contributed by atoms with Crippen LogP contribution in [0.3, 0.4) is 0 Å². The van der Waals surface area contributed by atoms with Gasteiger partial charge in [0, 0.05) is 47.5 Å². The molecule has 0 aliphatic rings. The summed E-state index contributed by atoms with van der Waals surface area (Å²) in [5, 5.41) is 10.1. The van der Waals surface area contributed by atoms with E-state index in [9.17, 15) is 9.59 Å². The third-order valence-electron chi connectivity index (χ3n) is 8.13. The summed E-state index contributed by atoms with van der Waals surface area (Å²) in [6, 6.07) is 23.9. The first-order valence-electron chi connectivity index (χ1n) is 17.0. The number of unbranched alkanes of at least 4 members (excludes halogenated alkanes) is 6. The molecule has 5 rings (SSSR count). The Hall–Kier alpha value is -5.46. The second-order valence-corrected chi connectivity index (χ2v) is 12.0. The van der Waals surface area contributed by atoms with Crippen molar-refractivity contribution in [2.45, 2.75) is 78.1 Å². The quantitative estimate of drug-likeness (QED) is 0.0814. The van der Waals surface area contributed by atoms with Gasteiger partial charge in [0.05, 0.1) is 0 Å². The number of nitrogens with one attached hydrogen (secondary N) is 2. The molecule has 2 amide bonds. The van der Waals surface area contributed by atoms with Crippen LogP contribution in [0.4, 0.5) is 11.6 Å². The molecular formula is C42H42N4O2. The van der Waals surface area contributed by atoms with E-state index in [4.69, 9.17) is 0 Å². The van der Waals surface area contributed by atoms with Crippen molar-refractivity contribution in [1.29, 1.82) is 0 Å². The van der Waals surface area contributed by atoms with Gasteiger partial charge in [0.15, 0.2) is 0 Å². The van der Waals surface area contributed by atoms with Gasteiger partial charge in [-0.15, -0.1) is 0 Å². The summed E-state index contributed by atoms with van der Waals surface area (Å²) in [7, 11) is 0. The van der Waals surface area contributed by atoms with Crippen molar-refractivity contribution in [1.82, 2.24) is 9.97 Å². The van der Waals surface area contributed by atoms with Gasteiger partial charge in [0.25, 0.3) is 0 Å². The third kappa shape index (κ3) is 9.77. The minimum absolute atomic E-state index is 0.0205. The summed E-state index contributed by atoms with van der Waals surface area (Å²) in [5.74, 6) is 14.2. The van der Waals surface area contributed by atoms with Crippen LogP contribution in [0.5, 0.6) is 0 Å². The molecule has 6 heteroatoms. The van der Waals surface area contributed by atoms with Crippen LogP contribution >= 0.6 is 0 Å². The summed E-state index contributed by atoms with van der Waals surface area (Å²) in [6.07, 6.45) is 12.8. The molecular weight excluding hydrogens is 592 g/mol. The Labute approximate surface area is 283 Å². The standard InChI is InChI=1S/C42H42N4O2/c1-3-5-7-9-17-41(47)45-39-27-31(23-25-43-39)19-21-33-13-11-15-35-29-36-16-12-14-34(38(36)30-37(33)35)22-20-32-24-26-44-40(28-32)46-42(48)18-10-8-6-4-2/h11-16,23-30H,3-10,17-18H2,1-2H3,(H,43,45,47)(H,44,46,48). The van der Waals surface area contributed by atoms with Crippen molar-refractivity contribution < 1.29 is 9.59 Å². The molecule has 0 saturated carbocycles. The van der Waals surface area contributed by atoms with Crippen molar-refractivity contribution in [2.24, 2.45) is 0 Å². The topological polar surface area (TPSA) is 84.0 Å². The van der Waals surface area contributed by atoms with Gasteiger partial charge >= 0.3 is 0 Å². The van der Waals surface area contributed by atoms with E-state index in [2.05, 4.69) is 82.4 Å². The largest absolute Gasteiger partial charge is 0.311 e. The van der Waals surface area contributed by atoms with Gasteiger partial charge in [-0.2, -0.15) is 0 Å². The molecule has 0 fully saturated rings. The van der Waals surface area contributed by atoms with Gasteiger partial charge in [0.1, 0.15) is 11.6 Å². The lowest BCUT2D eigenvalue weighted by Crippen LogP contribution is -2.12. The molecule has 2 N–H and O–H groups in total. The Bertz CT molecular complexity index is 1880. The second kappa shape index (κ2) is 17.5. The molecule has 242 valence electrons. The van der Waals surface area contributed by atoms with E-state index in [1.165, 1.54) is 0 Å². The number of hydrogen-bond donors (Lipinski definition) is 2. The third-order valence-corrected chi connectivity index (χ3v) is 8.13. The van der Waals surface area contributed by atoms with E-state index in [0.717, 1.165) is 95.2 Å². The second-order valence-electron chi connectivity index (χ2n) is 12.0. The molecule has 0 bridgehead atoms. The van der Waals surface area contributed by atoms with Gasteiger partial charge in [0.2, 0.25) is 11.8 Å². The summed E-state index contributed by atoms with van der Waals surface area (Å²) in [4.78, 5) is 33.3. The maximum atomic E-state index is 12.4. The van der Waals surface area contributed by atoms with E-state index in [-0.39, 0.29) is 11.8 Å². The van der Waals surface area contributed by atoms with Gasteiger partial charge in [-0.05, 0) is 82.9 Å². The SMILES string of the molecule is CCCCCCC(=O)Nc1cc(C#Cc2cccc3cc4cccc(C#Cc5ccnc(NC(=O)CCCCCC)c5)c4cc23)ccn1. The highest BCUT2D eigenvalue weighted by Crippen LogP contribution is 2.27. The number of aromatic nitrogens is 2. The molecule has 0 aliphatic heterocycles. The average Bonchev–Trinajstić information content (AvgIpc) is 3.09. The molecule has 0 spiro atoms. The van der Waals surface area contributed by atoms with Gasteiger partial charge in [-0.3, -0.25) is 9.59 Å². The lowest BCUT2D eigenvalue weighted by Gasteiger charge is -2.07. The van der Waals surface area contributed by atoms with Crippen LogP contribution in [0.1, 0.15) is 100 Å². The van der Waals surface area contributed by atoms with Crippen molar-refractivity contribution in [3.63, 3.8) is 0 Å². The normalized spacial score (nSPS) is 10.5. The number of carbonyl (C=O) groups excluding carboxylic acids is 2. The fraction of sp³-hybridized carbons (Fsp3) is 0.286. The van der Waals surface area contributed by atoms with E-state index >= 15 is 0 Å². The van der Waals surface area contributed by atoms with E-state index in [1.807, 2.05) is 48.5 Å². The molecule has 3 aromatic carbocycles.